The van der Waals surface area contributed by atoms with Crippen LogP contribution in [0.3, 0.4) is 0 Å². The molecule has 27 heavy (non-hydrogen) atoms. The number of carbonyl (C=O) groups excluding carboxylic acids is 3. The summed E-state index contributed by atoms with van der Waals surface area (Å²) in [4.78, 5) is 46.8. The van der Waals surface area contributed by atoms with Gasteiger partial charge in [0.15, 0.2) is 6.61 Å². The second-order valence-corrected chi connectivity index (χ2v) is 6.64. The third kappa shape index (κ3) is 4.67. The molecule has 1 heterocycles. The standard InChI is InChI=1S/C17H16N2O7S/c1-9-10(2)27-15(14(9)17(22)25-3)18-13(20)8-26-16(21)11-5-4-6-12(7-11)19(23)24/h4-7H,8H2,1-3H3,(H,18,20). The first-order valence-corrected chi connectivity index (χ1v) is 8.46. The molecule has 0 atom stereocenters. The van der Waals surface area contributed by atoms with Gasteiger partial charge in [-0.15, -0.1) is 11.3 Å². The molecule has 1 aromatic carbocycles. The molecular formula is C17H16N2O7S. The molecule has 9 nitrogen and oxygen atoms in total. The fourth-order valence-corrected chi connectivity index (χ4v) is 3.25. The lowest BCUT2D eigenvalue weighted by Gasteiger charge is -2.07. The molecule has 10 heteroatoms. The lowest BCUT2D eigenvalue weighted by molar-refractivity contribution is -0.384. The summed E-state index contributed by atoms with van der Waals surface area (Å²) in [7, 11) is 1.24. The molecule has 0 saturated carbocycles. The van der Waals surface area contributed by atoms with Gasteiger partial charge in [0.1, 0.15) is 5.00 Å². The zero-order valence-electron chi connectivity index (χ0n) is 14.7. The molecule has 2 aromatic rings. The average molecular weight is 392 g/mol. The third-order valence-electron chi connectivity index (χ3n) is 3.65. The summed E-state index contributed by atoms with van der Waals surface area (Å²) in [5.74, 6) is -2.11. The second kappa shape index (κ2) is 8.41. The SMILES string of the molecule is COC(=O)c1c(NC(=O)COC(=O)c2cccc([N+](=O)[O-])c2)sc(C)c1C. The summed E-state index contributed by atoms with van der Waals surface area (Å²) < 4.78 is 9.59. The van der Waals surface area contributed by atoms with E-state index in [1.165, 1.54) is 36.6 Å². The lowest BCUT2D eigenvalue weighted by Crippen LogP contribution is -2.21. The Balaban J connectivity index is 2.04. The number of anilines is 1. The van der Waals surface area contributed by atoms with Crippen molar-refractivity contribution in [3.8, 4) is 0 Å². The molecule has 0 aliphatic carbocycles. The van der Waals surface area contributed by atoms with Gasteiger partial charge >= 0.3 is 11.9 Å². The van der Waals surface area contributed by atoms with Crippen molar-refractivity contribution in [2.24, 2.45) is 0 Å². The first-order chi connectivity index (χ1) is 12.7. The van der Waals surface area contributed by atoms with E-state index in [0.29, 0.717) is 10.6 Å². The Bertz CT molecular complexity index is 920. The van der Waals surface area contributed by atoms with Gasteiger partial charge in [0.25, 0.3) is 11.6 Å². The number of non-ortho nitro benzene ring substituents is 1. The van der Waals surface area contributed by atoms with Crippen molar-refractivity contribution in [3.63, 3.8) is 0 Å². The molecule has 0 bridgehead atoms. The zero-order valence-corrected chi connectivity index (χ0v) is 15.5. The van der Waals surface area contributed by atoms with E-state index in [1.54, 1.807) is 13.8 Å². The van der Waals surface area contributed by atoms with E-state index in [2.05, 4.69) is 5.32 Å². The van der Waals surface area contributed by atoms with Crippen molar-refractivity contribution in [2.45, 2.75) is 13.8 Å². The van der Waals surface area contributed by atoms with Crippen molar-refractivity contribution in [1.82, 2.24) is 0 Å². The maximum Gasteiger partial charge on any atom is 0.341 e. The minimum atomic E-state index is -0.874. The minimum Gasteiger partial charge on any atom is -0.465 e. The first-order valence-electron chi connectivity index (χ1n) is 7.64. The third-order valence-corrected chi connectivity index (χ3v) is 4.78. The summed E-state index contributed by atoms with van der Waals surface area (Å²) in [5, 5.41) is 13.6. The molecule has 142 valence electrons. The Labute approximate surface area is 158 Å². The van der Waals surface area contributed by atoms with E-state index in [0.717, 1.165) is 10.9 Å². The number of nitrogens with zero attached hydrogens (tertiary/aromatic N) is 1. The number of hydrogen-bond donors (Lipinski definition) is 1. The van der Waals surface area contributed by atoms with Crippen LogP contribution in [-0.4, -0.2) is 36.5 Å². The summed E-state index contributed by atoms with van der Waals surface area (Å²) in [6.45, 7) is 2.92. The van der Waals surface area contributed by atoms with Gasteiger partial charge in [-0.05, 0) is 25.5 Å². The number of amides is 1. The molecule has 0 spiro atoms. The Morgan fingerprint density at radius 2 is 1.93 bits per heavy atom. The Kier molecular flexibility index (Phi) is 6.24. The van der Waals surface area contributed by atoms with Crippen molar-refractivity contribution >= 4 is 39.9 Å². The summed E-state index contributed by atoms with van der Waals surface area (Å²) >= 11 is 1.20. The smallest absolute Gasteiger partial charge is 0.341 e. The number of nitro groups is 1. The van der Waals surface area contributed by atoms with Gasteiger partial charge in [-0.2, -0.15) is 0 Å². The van der Waals surface area contributed by atoms with Crippen LogP contribution in [0.15, 0.2) is 24.3 Å². The molecule has 2 rings (SSSR count). The number of esters is 2. The van der Waals surface area contributed by atoms with Gasteiger partial charge in [0.2, 0.25) is 0 Å². The molecule has 0 aliphatic heterocycles. The van der Waals surface area contributed by atoms with Crippen LogP contribution in [0.2, 0.25) is 0 Å². The normalized spacial score (nSPS) is 10.2. The molecule has 0 fully saturated rings. The fourth-order valence-electron chi connectivity index (χ4n) is 2.19. The van der Waals surface area contributed by atoms with Crippen molar-refractivity contribution < 1.29 is 28.8 Å². The van der Waals surface area contributed by atoms with E-state index >= 15 is 0 Å². The van der Waals surface area contributed by atoms with Crippen LogP contribution in [0.4, 0.5) is 10.7 Å². The maximum atomic E-state index is 12.1. The molecule has 0 unspecified atom stereocenters. The predicted molar refractivity (Wildman–Crippen MR) is 97.1 cm³/mol. The van der Waals surface area contributed by atoms with Crippen LogP contribution in [0.5, 0.6) is 0 Å². The maximum absolute atomic E-state index is 12.1. The Hall–Kier alpha value is -3.27. The molecule has 0 aliphatic rings. The highest BCUT2D eigenvalue weighted by Crippen LogP contribution is 2.32. The number of ether oxygens (including phenoxy) is 2. The quantitative estimate of drug-likeness (QED) is 0.455. The van der Waals surface area contributed by atoms with E-state index in [1.807, 2.05) is 0 Å². The number of nitrogens with one attached hydrogen (secondary N) is 1. The van der Waals surface area contributed by atoms with Gasteiger partial charge in [-0.25, -0.2) is 9.59 Å². The van der Waals surface area contributed by atoms with Gasteiger partial charge in [-0.3, -0.25) is 14.9 Å². The number of aryl methyl sites for hydroxylation is 1. The second-order valence-electron chi connectivity index (χ2n) is 5.41. The highest BCUT2D eigenvalue weighted by atomic mass is 32.1. The summed E-state index contributed by atoms with van der Waals surface area (Å²) in [5.41, 5.74) is 0.630. The minimum absolute atomic E-state index is 0.0462. The number of nitro benzene ring substituents is 1. The number of methoxy groups -OCH3 is 1. The van der Waals surface area contributed by atoms with Gasteiger partial charge < -0.3 is 14.8 Å². The van der Waals surface area contributed by atoms with E-state index in [9.17, 15) is 24.5 Å². The van der Waals surface area contributed by atoms with Gasteiger partial charge in [0.05, 0.1) is 23.2 Å². The van der Waals surface area contributed by atoms with Crippen LogP contribution in [0, 0.1) is 24.0 Å². The molecule has 1 amide bonds. The summed E-state index contributed by atoms with van der Waals surface area (Å²) in [6, 6.07) is 4.98. The largest absolute Gasteiger partial charge is 0.465 e. The molecule has 0 radical (unpaired) electrons. The Morgan fingerprint density at radius 1 is 1.22 bits per heavy atom. The monoisotopic (exact) mass is 392 g/mol. The molecular weight excluding hydrogens is 376 g/mol. The highest BCUT2D eigenvalue weighted by molar-refractivity contribution is 7.16. The number of hydrogen-bond acceptors (Lipinski definition) is 8. The molecule has 0 saturated heterocycles. The Morgan fingerprint density at radius 3 is 2.56 bits per heavy atom. The highest BCUT2D eigenvalue weighted by Gasteiger charge is 2.22. The molecule has 1 aromatic heterocycles. The van der Waals surface area contributed by atoms with E-state index in [-0.39, 0.29) is 16.8 Å². The van der Waals surface area contributed by atoms with Gasteiger partial charge in [0, 0.05) is 17.0 Å². The average Bonchev–Trinajstić information content (AvgIpc) is 2.92. The lowest BCUT2D eigenvalue weighted by atomic mass is 10.1. The first kappa shape index (κ1) is 20.0. The number of carbonyl (C=O) groups is 3. The van der Waals surface area contributed by atoms with Crippen LogP contribution in [0.25, 0.3) is 0 Å². The zero-order chi connectivity index (χ0) is 20.1. The number of benzene rings is 1. The van der Waals surface area contributed by atoms with Gasteiger partial charge in [-0.1, -0.05) is 6.07 Å². The summed E-state index contributed by atoms with van der Waals surface area (Å²) in [6.07, 6.45) is 0. The van der Waals surface area contributed by atoms with Crippen LogP contribution >= 0.6 is 11.3 Å². The predicted octanol–water partition coefficient (Wildman–Crippen LogP) is 2.86. The van der Waals surface area contributed by atoms with E-state index < -0.39 is 29.4 Å². The van der Waals surface area contributed by atoms with E-state index in [4.69, 9.17) is 9.47 Å². The van der Waals surface area contributed by atoms with Crippen molar-refractivity contribution in [2.75, 3.05) is 19.0 Å². The number of rotatable bonds is 6. The number of thiophene rings is 1. The van der Waals surface area contributed by atoms with Crippen LogP contribution in [-0.2, 0) is 14.3 Å². The fraction of sp³-hybridized carbons (Fsp3) is 0.235. The van der Waals surface area contributed by atoms with Crippen LogP contribution < -0.4 is 5.32 Å². The topological polar surface area (TPSA) is 125 Å². The van der Waals surface area contributed by atoms with Crippen molar-refractivity contribution in [3.05, 3.63) is 55.9 Å². The molecule has 1 N–H and O–H groups in total. The van der Waals surface area contributed by atoms with Crippen LogP contribution in [0.1, 0.15) is 31.2 Å². The van der Waals surface area contributed by atoms with Crippen molar-refractivity contribution in [1.29, 1.82) is 0 Å².